The average molecular weight is 427 g/mol. The third kappa shape index (κ3) is 6.88. The van der Waals surface area contributed by atoms with Gasteiger partial charge in [0.15, 0.2) is 0 Å². The summed E-state index contributed by atoms with van der Waals surface area (Å²) in [6.45, 7) is 0. The van der Waals surface area contributed by atoms with Crippen LogP contribution in [0.3, 0.4) is 0 Å². The third-order valence-electron chi connectivity index (χ3n) is 2.56. The van der Waals surface area contributed by atoms with Crippen LogP contribution in [0, 0.1) is 0 Å². The SMILES string of the molecule is COc1ccc(N=S(=O)=O)cc1S(=O)(=O)O.Nc1cc(Cl)ccc1Cl. The highest BCUT2D eigenvalue weighted by molar-refractivity contribution is 7.86. The van der Waals surface area contributed by atoms with E-state index in [9.17, 15) is 16.8 Å². The van der Waals surface area contributed by atoms with Crippen molar-refractivity contribution < 1.29 is 26.1 Å². The van der Waals surface area contributed by atoms with E-state index in [0.717, 1.165) is 6.07 Å². The Hall–Kier alpha value is -1.85. The summed E-state index contributed by atoms with van der Waals surface area (Å²) in [6, 6.07) is 8.30. The molecule has 2 aromatic carbocycles. The summed E-state index contributed by atoms with van der Waals surface area (Å²) in [5.41, 5.74) is 5.80. The van der Waals surface area contributed by atoms with Crippen molar-refractivity contribution in [3.63, 3.8) is 0 Å². The highest BCUT2D eigenvalue weighted by Gasteiger charge is 2.16. The maximum absolute atomic E-state index is 10.9. The normalized spacial score (nSPS) is 10.4. The summed E-state index contributed by atoms with van der Waals surface area (Å²) in [4.78, 5) is -0.540. The molecule has 0 atom stereocenters. The zero-order chi connectivity index (χ0) is 19.2. The maximum atomic E-state index is 10.9. The number of hydrogen-bond donors (Lipinski definition) is 2. The Morgan fingerprint density at radius 1 is 1.16 bits per heavy atom. The lowest BCUT2D eigenvalue weighted by Crippen LogP contribution is -2.00. The van der Waals surface area contributed by atoms with E-state index in [2.05, 4.69) is 4.36 Å². The van der Waals surface area contributed by atoms with E-state index in [0.29, 0.717) is 15.7 Å². The molecule has 25 heavy (non-hydrogen) atoms. The lowest BCUT2D eigenvalue weighted by Gasteiger charge is -2.05. The molecule has 8 nitrogen and oxygen atoms in total. The third-order valence-corrected chi connectivity index (χ3v) is 4.38. The van der Waals surface area contributed by atoms with Gasteiger partial charge >= 0.3 is 10.5 Å². The number of nitrogens with two attached hydrogens (primary N) is 1. The molecule has 0 saturated heterocycles. The second-order valence-electron chi connectivity index (χ2n) is 4.28. The summed E-state index contributed by atoms with van der Waals surface area (Å²) < 4.78 is 59.1. The van der Waals surface area contributed by atoms with Crippen molar-refractivity contribution in [1.29, 1.82) is 0 Å². The first kappa shape index (κ1) is 21.2. The van der Waals surface area contributed by atoms with Crippen LogP contribution >= 0.6 is 23.2 Å². The van der Waals surface area contributed by atoms with Crippen molar-refractivity contribution in [3.05, 3.63) is 46.4 Å². The van der Waals surface area contributed by atoms with Crippen LogP contribution in [0.2, 0.25) is 10.0 Å². The molecule has 2 aromatic rings. The zero-order valence-corrected chi connectivity index (χ0v) is 15.7. The molecular formula is C13H12Cl2N2O6S2. The van der Waals surface area contributed by atoms with Crippen molar-refractivity contribution in [2.75, 3.05) is 12.8 Å². The van der Waals surface area contributed by atoms with Gasteiger partial charge in [-0.05, 0) is 36.4 Å². The molecule has 12 heteroatoms. The predicted octanol–water partition coefficient (Wildman–Crippen LogP) is 3.21. The number of hydrogen-bond acceptors (Lipinski definition) is 7. The van der Waals surface area contributed by atoms with E-state index >= 15 is 0 Å². The van der Waals surface area contributed by atoms with Gasteiger partial charge in [-0.1, -0.05) is 23.2 Å². The molecule has 0 aliphatic carbocycles. The van der Waals surface area contributed by atoms with Crippen molar-refractivity contribution in [2.45, 2.75) is 4.90 Å². The molecule has 0 bridgehead atoms. The van der Waals surface area contributed by atoms with Crippen LogP contribution in [-0.2, 0) is 20.6 Å². The van der Waals surface area contributed by atoms with Gasteiger partial charge < -0.3 is 10.5 Å². The van der Waals surface area contributed by atoms with Gasteiger partial charge in [0.25, 0.3) is 10.1 Å². The molecule has 3 N–H and O–H groups in total. The Morgan fingerprint density at radius 2 is 1.80 bits per heavy atom. The first-order chi connectivity index (χ1) is 11.5. The second-order valence-corrected chi connectivity index (χ2v) is 7.13. The van der Waals surface area contributed by atoms with Crippen molar-refractivity contribution in [3.8, 4) is 5.75 Å². The maximum Gasteiger partial charge on any atom is 0.316 e. The Bertz CT molecular complexity index is 999. The number of rotatable bonds is 3. The van der Waals surface area contributed by atoms with E-state index in [1.807, 2.05) is 0 Å². The average Bonchev–Trinajstić information content (AvgIpc) is 2.50. The van der Waals surface area contributed by atoms with Crippen LogP contribution in [0.25, 0.3) is 0 Å². The molecule has 0 amide bonds. The molecule has 2 rings (SSSR count). The molecule has 0 heterocycles. The summed E-state index contributed by atoms with van der Waals surface area (Å²) in [6.07, 6.45) is 0. The fourth-order valence-corrected chi connectivity index (χ4v) is 2.78. The summed E-state index contributed by atoms with van der Waals surface area (Å²) in [5, 5.41) is 1.15. The molecule has 0 fully saturated rings. The Morgan fingerprint density at radius 3 is 2.24 bits per heavy atom. The number of nitrogen functional groups attached to an aromatic ring is 1. The number of benzene rings is 2. The highest BCUT2D eigenvalue weighted by atomic mass is 35.5. The van der Waals surface area contributed by atoms with Gasteiger partial charge in [0, 0.05) is 5.02 Å². The quantitative estimate of drug-likeness (QED) is 0.567. The van der Waals surface area contributed by atoms with Gasteiger partial charge in [-0.2, -0.15) is 16.8 Å². The summed E-state index contributed by atoms with van der Waals surface area (Å²) >= 11 is 11.2. The van der Waals surface area contributed by atoms with Crippen LogP contribution in [0.1, 0.15) is 0 Å². The molecule has 0 spiro atoms. The van der Waals surface area contributed by atoms with Gasteiger partial charge in [0.05, 0.1) is 23.5 Å². The monoisotopic (exact) mass is 426 g/mol. The molecule has 0 aliphatic heterocycles. The summed E-state index contributed by atoms with van der Waals surface area (Å²) in [5.74, 6) is -0.0990. The first-order valence-electron chi connectivity index (χ1n) is 6.21. The minimum Gasteiger partial charge on any atom is -0.495 e. The minimum atomic E-state index is -4.49. The Labute approximate surface area is 155 Å². The van der Waals surface area contributed by atoms with Gasteiger partial charge in [-0.15, -0.1) is 4.36 Å². The van der Waals surface area contributed by atoms with E-state index in [1.165, 1.54) is 19.2 Å². The van der Waals surface area contributed by atoms with Crippen molar-refractivity contribution >= 4 is 55.2 Å². The number of methoxy groups -OCH3 is 1. The fourth-order valence-electron chi connectivity index (χ4n) is 1.52. The number of halogens is 2. The molecule has 0 aromatic heterocycles. The largest absolute Gasteiger partial charge is 0.495 e. The zero-order valence-electron chi connectivity index (χ0n) is 12.5. The van der Waals surface area contributed by atoms with Crippen LogP contribution in [0.5, 0.6) is 5.75 Å². The van der Waals surface area contributed by atoms with Gasteiger partial charge in [0.1, 0.15) is 10.6 Å². The van der Waals surface area contributed by atoms with Crippen molar-refractivity contribution in [1.82, 2.24) is 0 Å². The predicted molar refractivity (Wildman–Crippen MR) is 94.7 cm³/mol. The van der Waals surface area contributed by atoms with Crippen LogP contribution in [-0.4, -0.2) is 28.5 Å². The van der Waals surface area contributed by atoms with Gasteiger partial charge in [0.2, 0.25) is 0 Å². The smallest absolute Gasteiger partial charge is 0.316 e. The highest BCUT2D eigenvalue weighted by Crippen LogP contribution is 2.28. The van der Waals surface area contributed by atoms with Gasteiger partial charge in [-0.25, -0.2) is 0 Å². The molecule has 136 valence electrons. The fraction of sp³-hybridized carbons (Fsp3) is 0.0769. The number of ether oxygens (including phenoxy) is 1. The van der Waals surface area contributed by atoms with Crippen LogP contribution in [0.15, 0.2) is 45.7 Å². The van der Waals surface area contributed by atoms with E-state index in [-0.39, 0.29) is 11.4 Å². The van der Waals surface area contributed by atoms with Crippen LogP contribution in [0.4, 0.5) is 11.4 Å². The van der Waals surface area contributed by atoms with Crippen molar-refractivity contribution in [2.24, 2.45) is 4.36 Å². The molecule has 0 radical (unpaired) electrons. The number of nitrogens with zero attached hydrogens (tertiary/aromatic N) is 1. The topological polar surface area (TPSA) is 136 Å². The van der Waals surface area contributed by atoms with E-state index in [4.69, 9.17) is 38.2 Å². The Balaban J connectivity index is 0.000000293. The molecular weight excluding hydrogens is 415 g/mol. The standard InChI is InChI=1S/C7H7NO6S2.C6H5Cl2N/c1-14-6-3-2-5(8-15(9)10)4-7(6)16(11,12)13;7-4-1-2-5(8)6(9)3-4/h2-4H,1H3,(H,11,12,13);1-3H,9H2. The molecule has 0 saturated carbocycles. The lowest BCUT2D eigenvalue weighted by atomic mass is 10.3. The van der Waals surface area contributed by atoms with Crippen LogP contribution < -0.4 is 10.5 Å². The van der Waals surface area contributed by atoms with Gasteiger partial charge in [-0.3, -0.25) is 4.55 Å². The summed E-state index contributed by atoms with van der Waals surface area (Å²) in [7, 11) is -5.98. The lowest BCUT2D eigenvalue weighted by molar-refractivity contribution is 0.397. The molecule has 0 unspecified atom stereocenters. The first-order valence-corrected chi connectivity index (χ1v) is 9.44. The second kappa shape index (κ2) is 9.02. The van der Waals surface area contributed by atoms with E-state index in [1.54, 1.807) is 18.2 Å². The number of anilines is 1. The van der Waals surface area contributed by atoms with E-state index < -0.39 is 25.5 Å². The Kier molecular flexibility index (Phi) is 7.64. The minimum absolute atomic E-state index is 0.0990. The molecule has 0 aliphatic rings.